The van der Waals surface area contributed by atoms with Crippen molar-refractivity contribution in [2.75, 3.05) is 6.61 Å². The fourth-order valence-electron chi connectivity index (χ4n) is 1.53. The van der Waals surface area contributed by atoms with E-state index in [1.165, 1.54) is 6.92 Å². The van der Waals surface area contributed by atoms with Crippen LogP contribution in [0.5, 0.6) is 5.75 Å². The van der Waals surface area contributed by atoms with Crippen molar-refractivity contribution in [2.45, 2.75) is 25.6 Å². The first-order valence-electron chi connectivity index (χ1n) is 5.37. The largest absolute Gasteiger partial charge is 0.494 e. The number of alkyl halides is 1. The molecule has 0 radical (unpaired) electrons. The van der Waals surface area contributed by atoms with Gasteiger partial charge in [-0.05, 0) is 37.1 Å². The van der Waals surface area contributed by atoms with Crippen LogP contribution in [0.4, 0.5) is 0 Å². The summed E-state index contributed by atoms with van der Waals surface area (Å²) >= 11 is 6.04. The van der Waals surface area contributed by atoms with Crippen LogP contribution in [-0.4, -0.2) is 12.4 Å². The third kappa shape index (κ3) is 3.47. The van der Waals surface area contributed by atoms with E-state index in [9.17, 15) is 4.79 Å². The van der Waals surface area contributed by atoms with E-state index in [4.69, 9.17) is 21.6 Å². The summed E-state index contributed by atoms with van der Waals surface area (Å²) in [5.74, 6) is 0.524. The lowest BCUT2D eigenvalue weighted by atomic mass is 10.00. The minimum atomic E-state index is -0.723. The molecule has 0 aliphatic carbocycles. The molecule has 1 unspecified atom stereocenters. The molecule has 0 N–H and O–H groups in total. The van der Waals surface area contributed by atoms with Gasteiger partial charge in [0.25, 0.3) is 0 Å². The highest BCUT2D eigenvalue weighted by Gasteiger charge is 2.17. The van der Waals surface area contributed by atoms with Crippen molar-refractivity contribution in [2.24, 2.45) is 0 Å². The molecule has 0 aromatic heterocycles. The number of ether oxygens (including phenoxy) is 1. The summed E-state index contributed by atoms with van der Waals surface area (Å²) in [6, 6.07) is 7.35. The Labute approximate surface area is 106 Å². The molecular formula is C13H14ClNO2. The van der Waals surface area contributed by atoms with E-state index in [1.54, 1.807) is 18.2 Å². The zero-order valence-corrected chi connectivity index (χ0v) is 10.6. The number of Topliss-reactive ketones (excluding diaryl/α,β-unsaturated/α-hetero) is 1. The number of carbonyl (C=O) groups is 1. The average Bonchev–Trinajstić information content (AvgIpc) is 2.30. The summed E-state index contributed by atoms with van der Waals surface area (Å²) < 4.78 is 5.36. The van der Waals surface area contributed by atoms with Crippen molar-refractivity contribution < 1.29 is 9.53 Å². The number of hydrogen-bond donors (Lipinski definition) is 0. The molecule has 90 valence electrons. The van der Waals surface area contributed by atoms with Gasteiger partial charge in [-0.25, -0.2) is 0 Å². The van der Waals surface area contributed by atoms with Gasteiger partial charge in [0.1, 0.15) is 11.1 Å². The molecule has 4 heteroatoms. The standard InChI is InChI=1S/C13H14ClNO2/c1-3-17-11-5-4-10(6-7-15)12(8-11)13(14)9(2)16/h4-5,8,13H,3,6H2,1-2H3. The second-order valence-electron chi connectivity index (χ2n) is 3.60. The molecule has 0 heterocycles. The predicted octanol–water partition coefficient (Wildman–Crippen LogP) is 3.02. The number of benzene rings is 1. The van der Waals surface area contributed by atoms with Crippen molar-refractivity contribution in [1.29, 1.82) is 5.26 Å². The first kappa shape index (κ1) is 13.5. The molecule has 1 aromatic carbocycles. The quantitative estimate of drug-likeness (QED) is 0.756. The highest BCUT2D eigenvalue weighted by Crippen LogP contribution is 2.29. The maximum Gasteiger partial charge on any atom is 0.152 e. The second kappa shape index (κ2) is 6.27. The van der Waals surface area contributed by atoms with Crippen LogP contribution in [0.3, 0.4) is 0 Å². The zero-order valence-electron chi connectivity index (χ0n) is 9.87. The Bertz CT molecular complexity index is 451. The summed E-state index contributed by atoms with van der Waals surface area (Å²) in [6.07, 6.45) is 0.234. The number of halogens is 1. The molecule has 0 spiro atoms. The fourth-order valence-corrected chi connectivity index (χ4v) is 1.73. The molecule has 0 fully saturated rings. The molecule has 1 aromatic rings. The van der Waals surface area contributed by atoms with E-state index in [1.807, 2.05) is 6.92 Å². The summed E-state index contributed by atoms with van der Waals surface area (Å²) in [5, 5.41) is 8.00. The van der Waals surface area contributed by atoms with Gasteiger partial charge >= 0.3 is 0 Å². The van der Waals surface area contributed by atoms with Crippen molar-refractivity contribution in [3.8, 4) is 11.8 Å². The number of ketones is 1. The molecular weight excluding hydrogens is 238 g/mol. The molecule has 17 heavy (non-hydrogen) atoms. The SMILES string of the molecule is CCOc1ccc(CC#N)c(C(Cl)C(C)=O)c1. The molecule has 0 saturated heterocycles. The average molecular weight is 252 g/mol. The predicted molar refractivity (Wildman–Crippen MR) is 66.2 cm³/mol. The molecule has 1 rings (SSSR count). The van der Waals surface area contributed by atoms with Gasteiger partial charge in [0, 0.05) is 0 Å². The van der Waals surface area contributed by atoms with E-state index in [-0.39, 0.29) is 12.2 Å². The van der Waals surface area contributed by atoms with Crippen LogP contribution in [0, 0.1) is 11.3 Å². The highest BCUT2D eigenvalue weighted by atomic mass is 35.5. The van der Waals surface area contributed by atoms with Crippen molar-refractivity contribution in [1.82, 2.24) is 0 Å². The Morgan fingerprint density at radius 3 is 2.82 bits per heavy atom. The topological polar surface area (TPSA) is 50.1 Å². The van der Waals surface area contributed by atoms with Gasteiger partial charge in [-0.2, -0.15) is 5.26 Å². The maximum absolute atomic E-state index is 11.3. The highest BCUT2D eigenvalue weighted by molar-refractivity contribution is 6.30. The summed E-state index contributed by atoms with van der Waals surface area (Å²) in [4.78, 5) is 11.3. The van der Waals surface area contributed by atoms with Gasteiger partial charge in [0.15, 0.2) is 5.78 Å². The number of carbonyl (C=O) groups excluding carboxylic acids is 1. The summed E-state index contributed by atoms with van der Waals surface area (Å²) in [6.45, 7) is 3.86. The number of rotatable bonds is 5. The summed E-state index contributed by atoms with van der Waals surface area (Å²) in [5.41, 5.74) is 1.43. The van der Waals surface area contributed by atoms with Crippen LogP contribution in [0.25, 0.3) is 0 Å². The van der Waals surface area contributed by atoms with Crippen LogP contribution < -0.4 is 4.74 Å². The van der Waals surface area contributed by atoms with Crippen LogP contribution in [-0.2, 0) is 11.2 Å². The maximum atomic E-state index is 11.3. The van der Waals surface area contributed by atoms with Crippen LogP contribution in [0.15, 0.2) is 18.2 Å². The van der Waals surface area contributed by atoms with Gasteiger partial charge in [-0.15, -0.1) is 11.6 Å². The lowest BCUT2D eigenvalue weighted by molar-refractivity contribution is -0.116. The minimum absolute atomic E-state index is 0.139. The van der Waals surface area contributed by atoms with Crippen molar-refractivity contribution in [3.63, 3.8) is 0 Å². The molecule has 0 aliphatic heterocycles. The number of nitrogens with zero attached hydrogens (tertiary/aromatic N) is 1. The third-order valence-electron chi connectivity index (χ3n) is 2.33. The third-order valence-corrected chi connectivity index (χ3v) is 2.87. The lowest BCUT2D eigenvalue weighted by Gasteiger charge is -2.13. The number of nitriles is 1. The first-order chi connectivity index (χ1) is 8.10. The molecule has 1 atom stereocenters. The van der Waals surface area contributed by atoms with Crippen LogP contribution in [0.1, 0.15) is 30.4 Å². The Morgan fingerprint density at radius 1 is 1.59 bits per heavy atom. The van der Waals surface area contributed by atoms with E-state index in [0.29, 0.717) is 17.9 Å². The van der Waals surface area contributed by atoms with Crippen LogP contribution >= 0.6 is 11.6 Å². The molecule has 0 saturated carbocycles. The Hall–Kier alpha value is -1.53. The van der Waals surface area contributed by atoms with E-state index < -0.39 is 5.38 Å². The normalized spacial score (nSPS) is 11.6. The smallest absolute Gasteiger partial charge is 0.152 e. The Balaban J connectivity index is 3.15. The fraction of sp³-hybridized carbons (Fsp3) is 0.385. The van der Waals surface area contributed by atoms with Crippen LogP contribution in [0.2, 0.25) is 0 Å². The molecule has 0 amide bonds. The molecule has 0 bridgehead atoms. The monoisotopic (exact) mass is 251 g/mol. The van der Waals surface area contributed by atoms with Crippen molar-refractivity contribution in [3.05, 3.63) is 29.3 Å². The molecule has 0 aliphatic rings. The van der Waals surface area contributed by atoms with Crippen molar-refractivity contribution >= 4 is 17.4 Å². The van der Waals surface area contributed by atoms with Gasteiger partial charge in [0.05, 0.1) is 19.1 Å². The van der Waals surface area contributed by atoms with Gasteiger partial charge in [0.2, 0.25) is 0 Å². The Morgan fingerprint density at radius 2 is 2.29 bits per heavy atom. The van der Waals surface area contributed by atoms with E-state index in [0.717, 1.165) is 5.56 Å². The van der Waals surface area contributed by atoms with E-state index >= 15 is 0 Å². The minimum Gasteiger partial charge on any atom is -0.494 e. The van der Waals surface area contributed by atoms with Gasteiger partial charge < -0.3 is 4.74 Å². The molecule has 3 nitrogen and oxygen atoms in total. The second-order valence-corrected chi connectivity index (χ2v) is 4.04. The van der Waals surface area contributed by atoms with E-state index in [2.05, 4.69) is 6.07 Å². The zero-order chi connectivity index (χ0) is 12.8. The Kier molecular flexibility index (Phi) is 4.99. The van der Waals surface area contributed by atoms with Gasteiger partial charge in [-0.1, -0.05) is 6.07 Å². The first-order valence-corrected chi connectivity index (χ1v) is 5.80. The lowest BCUT2D eigenvalue weighted by Crippen LogP contribution is -2.06. The number of hydrogen-bond acceptors (Lipinski definition) is 3. The summed E-state index contributed by atoms with van der Waals surface area (Å²) in [7, 11) is 0. The van der Waals surface area contributed by atoms with Gasteiger partial charge in [-0.3, -0.25) is 4.79 Å².